The highest BCUT2D eigenvalue weighted by atomic mass is 35.5. The van der Waals surface area contributed by atoms with Crippen molar-refractivity contribution in [1.82, 2.24) is 4.31 Å². The first-order valence-electron chi connectivity index (χ1n) is 5.96. The lowest BCUT2D eigenvalue weighted by Gasteiger charge is -2.18. The van der Waals surface area contributed by atoms with Crippen molar-refractivity contribution < 1.29 is 17.9 Å². The molecule has 0 fully saturated rings. The lowest BCUT2D eigenvalue weighted by molar-refractivity contribution is -0.143. The van der Waals surface area contributed by atoms with Gasteiger partial charge in [-0.15, -0.1) is 0 Å². The minimum absolute atomic E-state index is 0.00706. The number of sulfonamides is 1. The summed E-state index contributed by atoms with van der Waals surface area (Å²) in [6, 6.07) is 4.22. The Balaban J connectivity index is 2.87. The highest BCUT2D eigenvalue weighted by molar-refractivity contribution is 7.89. The fourth-order valence-electron chi connectivity index (χ4n) is 1.50. The van der Waals surface area contributed by atoms with Crippen molar-refractivity contribution in [2.75, 3.05) is 25.9 Å². The Labute approximate surface area is 123 Å². The summed E-state index contributed by atoms with van der Waals surface area (Å²) in [5, 5.41) is 0.275. The number of halogens is 1. The van der Waals surface area contributed by atoms with E-state index in [-0.39, 0.29) is 35.2 Å². The van der Waals surface area contributed by atoms with Crippen LogP contribution in [0.4, 0.5) is 5.69 Å². The number of nitrogens with zero attached hydrogens (tertiary/aromatic N) is 1. The van der Waals surface area contributed by atoms with Crippen molar-refractivity contribution in [3.8, 4) is 0 Å². The molecule has 0 atom stereocenters. The van der Waals surface area contributed by atoms with E-state index >= 15 is 0 Å². The molecule has 0 aliphatic heterocycles. The Morgan fingerprint density at radius 1 is 1.45 bits per heavy atom. The molecule has 0 saturated carbocycles. The van der Waals surface area contributed by atoms with Crippen LogP contribution in [0.5, 0.6) is 0 Å². The van der Waals surface area contributed by atoms with Crippen LogP contribution in [0.25, 0.3) is 0 Å². The van der Waals surface area contributed by atoms with Crippen LogP contribution in [0, 0.1) is 0 Å². The molecule has 0 unspecified atom stereocenters. The van der Waals surface area contributed by atoms with Gasteiger partial charge in [-0.3, -0.25) is 4.79 Å². The van der Waals surface area contributed by atoms with Crippen molar-refractivity contribution in [1.29, 1.82) is 0 Å². The standard InChI is InChI=1S/C12H17ClN2O4S/c1-3-19-12(16)6-7-15(2)20(17,18)11-8-9(13)4-5-10(11)14/h4-5,8H,3,6-7,14H2,1-2H3. The molecule has 1 aromatic carbocycles. The lowest BCUT2D eigenvalue weighted by atomic mass is 10.3. The van der Waals surface area contributed by atoms with Crippen molar-refractivity contribution in [2.45, 2.75) is 18.2 Å². The quantitative estimate of drug-likeness (QED) is 0.633. The van der Waals surface area contributed by atoms with Gasteiger partial charge in [-0.1, -0.05) is 11.6 Å². The summed E-state index contributed by atoms with van der Waals surface area (Å²) < 4.78 is 30.4. The molecule has 6 nitrogen and oxygen atoms in total. The van der Waals surface area contributed by atoms with Crippen molar-refractivity contribution in [3.05, 3.63) is 23.2 Å². The molecule has 1 aromatic rings. The highest BCUT2D eigenvalue weighted by Gasteiger charge is 2.24. The molecule has 0 aliphatic rings. The van der Waals surface area contributed by atoms with E-state index in [1.165, 1.54) is 25.2 Å². The third kappa shape index (κ3) is 4.09. The Morgan fingerprint density at radius 2 is 2.10 bits per heavy atom. The zero-order valence-electron chi connectivity index (χ0n) is 11.3. The summed E-state index contributed by atoms with van der Waals surface area (Å²) in [5.74, 6) is -0.450. The second kappa shape index (κ2) is 6.92. The molecule has 2 N–H and O–H groups in total. The van der Waals surface area contributed by atoms with Crippen LogP contribution in [0.15, 0.2) is 23.1 Å². The van der Waals surface area contributed by atoms with Crippen LogP contribution < -0.4 is 5.73 Å². The van der Waals surface area contributed by atoms with Gasteiger partial charge in [0.05, 0.1) is 18.7 Å². The van der Waals surface area contributed by atoms with Gasteiger partial charge in [-0.05, 0) is 25.1 Å². The van der Waals surface area contributed by atoms with Crippen LogP contribution in [0.2, 0.25) is 5.02 Å². The van der Waals surface area contributed by atoms with Gasteiger partial charge in [-0.25, -0.2) is 12.7 Å². The topological polar surface area (TPSA) is 89.7 Å². The molecule has 8 heteroatoms. The second-order valence-electron chi connectivity index (χ2n) is 4.06. The number of carbonyl (C=O) groups is 1. The van der Waals surface area contributed by atoms with E-state index in [0.717, 1.165) is 4.31 Å². The van der Waals surface area contributed by atoms with E-state index < -0.39 is 16.0 Å². The van der Waals surface area contributed by atoms with Gasteiger partial charge in [-0.2, -0.15) is 0 Å². The van der Waals surface area contributed by atoms with Gasteiger partial charge >= 0.3 is 5.97 Å². The maximum Gasteiger partial charge on any atom is 0.307 e. The third-order valence-corrected chi connectivity index (χ3v) is 4.75. The molecular formula is C12H17ClN2O4S. The van der Waals surface area contributed by atoms with Crippen LogP contribution >= 0.6 is 11.6 Å². The van der Waals surface area contributed by atoms with Gasteiger partial charge in [0.25, 0.3) is 0 Å². The number of nitrogens with two attached hydrogens (primary N) is 1. The van der Waals surface area contributed by atoms with E-state index in [9.17, 15) is 13.2 Å². The van der Waals surface area contributed by atoms with Crippen molar-refractivity contribution >= 4 is 33.3 Å². The fraction of sp³-hybridized carbons (Fsp3) is 0.417. The fourth-order valence-corrected chi connectivity index (χ4v) is 3.05. The Kier molecular flexibility index (Phi) is 5.79. The Morgan fingerprint density at radius 3 is 2.70 bits per heavy atom. The maximum absolute atomic E-state index is 12.3. The molecule has 0 saturated heterocycles. The van der Waals surface area contributed by atoms with E-state index in [1.807, 2.05) is 0 Å². The van der Waals surface area contributed by atoms with E-state index in [0.29, 0.717) is 0 Å². The number of rotatable bonds is 6. The molecule has 0 aromatic heterocycles. The Bertz CT molecular complexity index is 589. The number of ether oxygens (including phenoxy) is 1. The van der Waals surface area contributed by atoms with E-state index in [2.05, 4.69) is 0 Å². The number of hydrogen-bond donors (Lipinski definition) is 1. The second-order valence-corrected chi connectivity index (χ2v) is 6.51. The van der Waals surface area contributed by atoms with E-state index in [4.69, 9.17) is 22.1 Å². The zero-order chi connectivity index (χ0) is 15.3. The van der Waals surface area contributed by atoms with Gasteiger partial charge in [0.2, 0.25) is 10.0 Å². The van der Waals surface area contributed by atoms with E-state index in [1.54, 1.807) is 6.92 Å². The monoisotopic (exact) mass is 320 g/mol. The summed E-state index contributed by atoms with van der Waals surface area (Å²) >= 11 is 5.78. The maximum atomic E-state index is 12.3. The minimum atomic E-state index is -3.79. The molecular weight excluding hydrogens is 304 g/mol. The first-order valence-corrected chi connectivity index (χ1v) is 7.77. The van der Waals surface area contributed by atoms with Crippen molar-refractivity contribution in [2.24, 2.45) is 0 Å². The normalized spacial score (nSPS) is 11.6. The summed E-state index contributed by atoms with van der Waals surface area (Å²) in [6.07, 6.45) is -0.0238. The molecule has 0 aliphatic carbocycles. The average Bonchev–Trinajstić information content (AvgIpc) is 2.38. The molecule has 20 heavy (non-hydrogen) atoms. The summed E-state index contributed by atoms with van der Waals surface area (Å²) in [4.78, 5) is 11.2. The molecule has 0 spiro atoms. The largest absolute Gasteiger partial charge is 0.466 e. The average molecular weight is 321 g/mol. The number of nitrogen functional groups attached to an aromatic ring is 1. The lowest BCUT2D eigenvalue weighted by Crippen LogP contribution is -2.30. The first-order chi connectivity index (χ1) is 9.28. The zero-order valence-corrected chi connectivity index (χ0v) is 12.9. The summed E-state index contributed by atoms with van der Waals surface area (Å²) in [6.45, 7) is 1.95. The molecule has 0 heterocycles. The molecule has 0 amide bonds. The number of anilines is 1. The van der Waals surface area contributed by atoms with Gasteiger partial charge < -0.3 is 10.5 Å². The van der Waals surface area contributed by atoms with Gasteiger partial charge in [0.1, 0.15) is 4.90 Å². The number of esters is 1. The van der Waals surface area contributed by atoms with Crippen molar-refractivity contribution in [3.63, 3.8) is 0 Å². The highest BCUT2D eigenvalue weighted by Crippen LogP contribution is 2.25. The third-order valence-electron chi connectivity index (χ3n) is 2.60. The SMILES string of the molecule is CCOC(=O)CCN(C)S(=O)(=O)c1cc(Cl)ccc1N. The van der Waals surface area contributed by atoms with Gasteiger partial charge in [0, 0.05) is 18.6 Å². The number of hydrogen-bond acceptors (Lipinski definition) is 5. The van der Waals surface area contributed by atoms with Gasteiger partial charge in [0.15, 0.2) is 0 Å². The predicted octanol–water partition coefficient (Wildman–Crippen LogP) is 1.50. The molecule has 112 valence electrons. The summed E-state index contributed by atoms with van der Waals surface area (Å²) in [7, 11) is -2.42. The van der Waals surface area contributed by atoms with Crippen LogP contribution in [0.3, 0.4) is 0 Å². The first kappa shape index (κ1) is 16.7. The number of carbonyl (C=O) groups excluding carboxylic acids is 1. The molecule has 0 bridgehead atoms. The van der Waals surface area contributed by atoms with Crippen LogP contribution in [-0.2, 0) is 19.6 Å². The number of benzene rings is 1. The summed E-state index contributed by atoms with van der Waals surface area (Å²) in [5.41, 5.74) is 5.77. The smallest absolute Gasteiger partial charge is 0.307 e. The predicted molar refractivity (Wildman–Crippen MR) is 76.9 cm³/mol. The Hall–Kier alpha value is -1.31. The molecule has 0 radical (unpaired) electrons. The minimum Gasteiger partial charge on any atom is -0.466 e. The van der Waals surface area contributed by atoms with Crippen LogP contribution in [-0.4, -0.2) is 38.9 Å². The molecule has 1 rings (SSSR count). The van der Waals surface area contributed by atoms with Crippen LogP contribution in [0.1, 0.15) is 13.3 Å².